The molecule has 3 rings (SSSR count). The minimum absolute atomic E-state index is 0.0596. The van der Waals surface area contributed by atoms with Gasteiger partial charge in [0.15, 0.2) is 0 Å². The molecule has 6 heteroatoms. The van der Waals surface area contributed by atoms with E-state index < -0.39 is 10.0 Å². The highest BCUT2D eigenvalue weighted by Crippen LogP contribution is 2.39. The lowest BCUT2D eigenvalue weighted by atomic mass is 9.87. The molecule has 0 aromatic heterocycles. The summed E-state index contributed by atoms with van der Waals surface area (Å²) >= 11 is 0. The van der Waals surface area contributed by atoms with Gasteiger partial charge in [0.1, 0.15) is 0 Å². The number of benzene rings is 1. The Kier molecular flexibility index (Phi) is 4.47. The molecule has 2 aliphatic rings. The maximum atomic E-state index is 12.5. The van der Waals surface area contributed by atoms with Crippen LogP contribution in [0.2, 0.25) is 0 Å². The summed E-state index contributed by atoms with van der Waals surface area (Å²) in [5.41, 5.74) is 1.96. The minimum Gasteiger partial charge on any atom is -0.345 e. The van der Waals surface area contributed by atoms with Gasteiger partial charge in [0.2, 0.25) is 15.9 Å². The van der Waals surface area contributed by atoms with Crippen molar-refractivity contribution in [2.45, 2.75) is 44.6 Å². The highest BCUT2D eigenvalue weighted by Gasteiger charge is 2.38. The molecule has 0 spiro atoms. The molecule has 1 heterocycles. The fourth-order valence-electron chi connectivity index (χ4n) is 3.74. The van der Waals surface area contributed by atoms with E-state index in [-0.39, 0.29) is 23.7 Å². The van der Waals surface area contributed by atoms with Crippen molar-refractivity contribution in [1.82, 2.24) is 9.62 Å². The summed E-state index contributed by atoms with van der Waals surface area (Å²) in [5, 5.41) is 3.16. The molecule has 1 amide bonds. The molecule has 2 fully saturated rings. The van der Waals surface area contributed by atoms with E-state index in [0.717, 1.165) is 31.2 Å². The Bertz CT molecular complexity index is 694. The first-order valence-electron chi connectivity index (χ1n) is 8.27. The summed E-state index contributed by atoms with van der Waals surface area (Å²) in [6.07, 6.45) is 4.59. The van der Waals surface area contributed by atoms with Crippen molar-refractivity contribution in [3.05, 3.63) is 35.4 Å². The molecule has 0 bridgehead atoms. The second-order valence-corrected chi connectivity index (χ2v) is 8.80. The highest BCUT2D eigenvalue weighted by atomic mass is 32.2. The van der Waals surface area contributed by atoms with Crippen LogP contribution in [0.3, 0.4) is 0 Å². The average Bonchev–Trinajstić information content (AvgIpc) is 3.07. The minimum atomic E-state index is -3.23. The summed E-state index contributed by atoms with van der Waals surface area (Å²) in [7, 11) is -3.23. The Labute approximate surface area is 138 Å². The first-order valence-corrected chi connectivity index (χ1v) is 9.88. The molecule has 23 heavy (non-hydrogen) atoms. The molecule has 5 nitrogen and oxygen atoms in total. The fourth-order valence-corrected chi connectivity index (χ4v) is 5.22. The molecule has 1 saturated carbocycles. The van der Waals surface area contributed by atoms with Crippen LogP contribution in [0, 0.1) is 6.92 Å². The Morgan fingerprint density at radius 3 is 2.61 bits per heavy atom. The van der Waals surface area contributed by atoms with E-state index >= 15 is 0 Å². The van der Waals surface area contributed by atoms with Crippen LogP contribution in [0.15, 0.2) is 24.3 Å². The van der Waals surface area contributed by atoms with Crippen LogP contribution >= 0.6 is 0 Å². The molecule has 1 aromatic carbocycles. The zero-order valence-corrected chi connectivity index (χ0v) is 14.4. The van der Waals surface area contributed by atoms with Crippen LogP contribution in [0.1, 0.15) is 43.2 Å². The maximum absolute atomic E-state index is 12.5. The largest absolute Gasteiger partial charge is 0.345 e. The quantitative estimate of drug-likeness (QED) is 0.913. The number of carbonyl (C=O) groups excluding carboxylic acids is 1. The maximum Gasteiger partial charge on any atom is 0.236 e. The van der Waals surface area contributed by atoms with Gasteiger partial charge in [-0.3, -0.25) is 4.79 Å². The fraction of sp³-hybridized carbons (Fsp3) is 0.588. The third-order valence-corrected chi connectivity index (χ3v) is 6.83. The van der Waals surface area contributed by atoms with Gasteiger partial charge in [-0.15, -0.1) is 0 Å². The number of nitrogens with zero attached hydrogens (tertiary/aromatic N) is 1. The van der Waals surface area contributed by atoms with Gasteiger partial charge >= 0.3 is 0 Å². The molecular weight excluding hydrogens is 312 g/mol. The Morgan fingerprint density at radius 2 is 2.00 bits per heavy atom. The summed E-state index contributed by atoms with van der Waals surface area (Å²) in [6.45, 7) is 2.44. The van der Waals surface area contributed by atoms with Crippen molar-refractivity contribution >= 4 is 15.9 Å². The summed E-state index contributed by atoms with van der Waals surface area (Å²) in [5.74, 6) is -0.0394. The summed E-state index contributed by atoms with van der Waals surface area (Å²) < 4.78 is 25.1. The van der Waals surface area contributed by atoms with E-state index in [0.29, 0.717) is 13.0 Å². The van der Waals surface area contributed by atoms with E-state index in [1.54, 1.807) is 0 Å². The summed E-state index contributed by atoms with van der Waals surface area (Å²) in [6, 6.07) is 8.25. The molecule has 1 aliphatic carbocycles. The Morgan fingerprint density at radius 1 is 1.26 bits per heavy atom. The number of amides is 1. The van der Waals surface area contributed by atoms with E-state index in [1.165, 1.54) is 9.87 Å². The van der Waals surface area contributed by atoms with Crippen LogP contribution in [0.4, 0.5) is 0 Å². The van der Waals surface area contributed by atoms with Crippen molar-refractivity contribution in [2.75, 3.05) is 18.8 Å². The second-order valence-electron chi connectivity index (χ2n) is 6.71. The molecule has 1 N–H and O–H groups in total. The monoisotopic (exact) mass is 336 g/mol. The lowest BCUT2D eigenvalue weighted by molar-refractivity contribution is -0.123. The van der Waals surface area contributed by atoms with Gasteiger partial charge in [0, 0.05) is 6.54 Å². The van der Waals surface area contributed by atoms with Crippen LogP contribution in [-0.2, 0) is 20.4 Å². The Hall–Kier alpha value is -1.40. The van der Waals surface area contributed by atoms with Gasteiger partial charge in [0.25, 0.3) is 0 Å². The molecule has 1 aliphatic heterocycles. The molecule has 0 radical (unpaired) electrons. The number of carbonyl (C=O) groups is 1. The zero-order valence-electron chi connectivity index (χ0n) is 13.5. The number of sulfonamides is 1. The van der Waals surface area contributed by atoms with Crippen molar-refractivity contribution in [3.8, 4) is 0 Å². The zero-order chi connectivity index (χ0) is 16.5. The topological polar surface area (TPSA) is 66.5 Å². The van der Waals surface area contributed by atoms with Gasteiger partial charge in [-0.1, -0.05) is 42.7 Å². The normalized spacial score (nSPS) is 23.0. The lowest BCUT2D eigenvalue weighted by Gasteiger charge is -2.32. The molecule has 1 aromatic rings. The SMILES string of the molecule is Cc1cccc(C2(NC(=O)CN3CCCS3(=O)=O)CCCC2)c1. The van der Waals surface area contributed by atoms with Crippen molar-refractivity contribution in [1.29, 1.82) is 0 Å². The second kappa shape index (κ2) is 6.24. The standard InChI is InChI=1S/C17H24N2O3S/c1-14-6-4-7-15(12-14)17(8-2-3-9-17)18-16(20)13-19-10-5-11-23(19,21)22/h4,6-7,12H,2-3,5,8-11,13H2,1H3,(H,18,20). The van der Waals surface area contributed by atoms with Gasteiger partial charge < -0.3 is 5.32 Å². The van der Waals surface area contributed by atoms with Gasteiger partial charge in [-0.25, -0.2) is 8.42 Å². The third-order valence-electron chi connectivity index (χ3n) is 4.93. The van der Waals surface area contributed by atoms with Crippen LogP contribution < -0.4 is 5.32 Å². The molecule has 0 unspecified atom stereocenters. The molecule has 1 saturated heterocycles. The van der Waals surface area contributed by atoms with Gasteiger partial charge in [-0.2, -0.15) is 4.31 Å². The number of hydrogen-bond donors (Lipinski definition) is 1. The van der Waals surface area contributed by atoms with Crippen molar-refractivity contribution < 1.29 is 13.2 Å². The van der Waals surface area contributed by atoms with Crippen molar-refractivity contribution in [3.63, 3.8) is 0 Å². The molecular formula is C17H24N2O3S. The van der Waals surface area contributed by atoms with E-state index in [4.69, 9.17) is 0 Å². The van der Waals surface area contributed by atoms with E-state index in [1.807, 2.05) is 19.1 Å². The number of hydrogen-bond acceptors (Lipinski definition) is 3. The Balaban J connectivity index is 1.76. The average molecular weight is 336 g/mol. The predicted molar refractivity (Wildman–Crippen MR) is 89.4 cm³/mol. The first kappa shape index (κ1) is 16.5. The van der Waals surface area contributed by atoms with Crippen LogP contribution in [-0.4, -0.2) is 37.5 Å². The van der Waals surface area contributed by atoms with Crippen molar-refractivity contribution in [2.24, 2.45) is 0 Å². The predicted octanol–water partition coefficient (Wildman–Crippen LogP) is 1.92. The van der Waals surface area contributed by atoms with Crippen LogP contribution in [0.25, 0.3) is 0 Å². The number of aryl methyl sites for hydroxylation is 1. The highest BCUT2D eigenvalue weighted by molar-refractivity contribution is 7.89. The van der Waals surface area contributed by atoms with E-state index in [2.05, 4.69) is 17.4 Å². The molecule has 126 valence electrons. The lowest BCUT2D eigenvalue weighted by Crippen LogP contribution is -2.48. The summed E-state index contributed by atoms with van der Waals surface area (Å²) in [4.78, 5) is 12.5. The van der Waals surface area contributed by atoms with E-state index in [9.17, 15) is 13.2 Å². The number of nitrogens with one attached hydrogen (secondary N) is 1. The van der Waals surface area contributed by atoms with Crippen LogP contribution in [0.5, 0.6) is 0 Å². The number of rotatable bonds is 4. The smallest absolute Gasteiger partial charge is 0.236 e. The third kappa shape index (κ3) is 3.43. The van der Waals surface area contributed by atoms with Gasteiger partial charge in [0.05, 0.1) is 17.8 Å². The van der Waals surface area contributed by atoms with Gasteiger partial charge in [-0.05, 0) is 31.7 Å². The first-order chi connectivity index (χ1) is 10.9. The molecule has 0 atom stereocenters.